The second kappa shape index (κ2) is 6.99. The van der Waals surface area contributed by atoms with E-state index in [-0.39, 0.29) is 5.78 Å². The van der Waals surface area contributed by atoms with Gasteiger partial charge in [-0.3, -0.25) is 4.79 Å². The van der Waals surface area contributed by atoms with Crippen molar-refractivity contribution >= 4 is 28.8 Å². The van der Waals surface area contributed by atoms with Gasteiger partial charge in [0.05, 0.1) is 16.9 Å². The maximum absolute atomic E-state index is 12.7. The molecule has 0 aliphatic carbocycles. The molecule has 0 saturated carbocycles. The summed E-state index contributed by atoms with van der Waals surface area (Å²) >= 11 is 5.96. The summed E-state index contributed by atoms with van der Waals surface area (Å²) in [5, 5.41) is 8.92. The Bertz CT molecular complexity index is 860. The molecule has 0 unspecified atom stereocenters. The molecule has 4 heteroatoms. The van der Waals surface area contributed by atoms with E-state index in [2.05, 4.69) is 10.2 Å². The normalized spacial score (nSPS) is 10.8. The van der Waals surface area contributed by atoms with Gasteiger partial charge in [-0.05, 0) is 36.4 Å². The van der Waals surface area contributed by atoms with E-state index in [9.17, 15) is 4.79 Å². The molecular formula is C19H13ClN2O. The number of carbonyl (C=O) groups is 1. The van der Waals surface area contributed by atoms with E-state index in [1.165, 1.54) is 0 Å². The number of halogens is 1. The fraction of sp³-hybridized carbons (Fsp3) is 0. The number of hydrogen-bond acceptors (Lipinski definition) is 3. The summed E-state index contributed by atoms with van der Waals surface area (Å²) in [6.07, 6.45) is 0. The van der Waals surface area contributed by atoms with Crippen molar-refractivity contribution in [3.63, 3.8) is 0 Å². The van der Waals surface area contributed by atoms with Crippen LogP contribution >= 0.6 is 11.6 Å². The quantitative estimate of drug-likeness (QED) is 0.430. The molecule has 0 fully saturated rings. The molecule has 0 aliphatic heterocycles. The standard InChI is InChI=1S/C19H13ClN2O/c20-15-8-6-7-14(13-15)19(23)17-11-4-5-12-18(17)22-21-16-9-2-1-3-10-16/h1-13H. The lowest BCUT2D eigenvalue weighted by Gasteiger charge is -2.04. The van der Waals surface area contributed by atoms with Crippen molar-refractivity contribution < 1.29 is 4.79 Å². The Hall–Kier alpha value is -2.78. The van der Waals surface area contributed by atoms with Gasteiger partial charge in [-0.1, -0.05) is 54.1 Å². The summed E-state index contributed by atoms with van der Waals surface area (Å²) in [5.41, 5.74) is 2.29. The molecule has 0 bridgehead atoms. The van der Waals surface area contributed by atoms with Crippen molar-refractivity contribution in [3.8, 4) is 0 Å². The van der Waals surface area contributed by atoms with Crippen LogP contribution in [0.15, 0.2) is 89.1 Å². The number of benzene rings is 3. The van der Waals surface area contributed by atoms with E-state index in [0.717, 1.165) is 5.69 Å². The highest BCUT2D eigenvalue weighted by Crippen LogP contribution is 2.25. The third-order valence-corrected chi connectivity index (χ3v) is 3.50. The molecular weight excluding hydrogens is 308 g/mol. The first kappa shape index (κ1) is 15.1. The first-order chi connectivity index (χ1) is 11.2. The first-order valence-electron chi connectivity index (χ1n) is 7.10. The Morgan fingerprint density at radius 1 is 0.783 bits per heavy atom. The number of ketones is 1. The number of hydrogen-bond donors (Lipinski definition) is 0. The molecule has 0 radical (unpaired) electrons. The van der Waals surface area contributed by atoms with Gasteiger partial charge in [0.15, 0.2) is 5.78 Å². The van der Waals surface area contributed by atoms with Crippen molar-refractivity contribution in [1.29, 1.82) is 0 Å². The van der Waals surface area contributed by atoms with Gasteiger partial charge >= 0.3 is 0 Å². The smallest absolute Gasteiger partial charge is 0.195 e. The lowest BCUT2D eigenvalue weighted by atomic mass is 10.0. The van der Waals surface area contributed by atoms with Gasteiger partial charge in [0.25, 0.3) is 0 Å². The highest BCUT2D eigenvalue weighted by atomic mass is 35.5. The largest absolute Gasteiger partial charge is 0.289 e. The van der Waals surface area contributed by atoms with Crippen LogP contribution in [-0.4, -0.2) is 5.78 Å². The summed E-state index contributed by atoms with van der Waals surface area (Å²) in [6.45, 7) is 0. The van der Waals surface area contributed by atoms with E-state index in [4.69, 9.17) is 11.6 Å². The Labute approximate surface area is 139 Å². The molecule has 0 amide bonds. The van der Waals surface area contributed by atoms with Crippen molar-refractivity contribution in [2.45, 2.75) is 0 Å². The third-order valence-electron chi connectivity index (χ3n) is 3.26. The highest BCUT2D eigenvalue weighted by molar-refractivity contribution is 6.31. The van der Waals surface area contributed by atoms with Crippen molar-refractivity contribution in [1.82, 2.24) is 0 Å². The number of nitrogens with zero attached hydrogens (tertiary/aromatic N) is 2. The lowest BCUT2D eigenvalue weighted by molar-refractivity contribution is 0.103. The molecule has 0 saturated heterocycles. The van der Waals surface area contributed by atoms with Crippen LogP contribution in [0.1, 0.15) is 15.9 Å². The third kappa shape index (κ3) is 3.71. The molecule has 0 aromatic heterocycles. The van der Waals surface area contributed by atoms with E-state index in [1.807, 2.05) is 36.4 Å². The first-order valence-corrected chi connectivity index (χ1v) is 7.48. The van der Waals surface area contributed by atoms with Crippen LogP contribution in [-0.2, 0) is 0 Å². The van der Waals surface area contributed by atoms with Crippen LogP contribution in [0.3, 0.4) is 0 Å². The predicted molar refractivity (Wildman–Crippen MR) is 91.9 cm³/mol. The van der Waals surface area contributed by atoms with E-state index >= 15 is 0 Å². The van der Waals surface area contributed by atoms with Crippen LogP contribution in [0, 0.1) is 0 Å². The molecule has 3 rings (SSSR count). The van der Waals surface area contributed by atoms with Gasteiger partial charge in [0.2, 0.25) is 0 Å². The number of azo groups is 1. The van der Waals surface area contributed by atoms with E-state index in [1.54, 1.807) is 42.5 Å². The van der Waals surface area contributed by atoms with Crippen molar-refractivity contribution in [2.24, 2.45) is 10.2 Å². The molecule has 0 N–H and O–H groups in total. The monoisotopic (exact) mass is 320 g/mol. The lowest BCUT2D eigenvalue weighted by Crippen LogP contribution is -2.01. The summed E-state index contributed by atoms with van der Waals surface area (Å²) in [5.74, 6) is -0.130. The molecule has 0 aliphatic rings. The Balaban J connectivity index is 1.95. The Morgan fingerprint density at radius 2 is 1.52 bits per heavy atom. The average Bonchev–Trinajstić information content (AvgIpc) is 2.60. The van der Waals surface area contributed by atoms with Crippen LogP contribution < -0.4 is 0 Å². The maximum atomic E-state index is 12.7. The molecule has 0 heterocycles. The fourth-order valence-electron chi connectivity index (χ4n) is 2.14. The molecule has 0 spiro atoms. The summed E-state index contributed by atoms with van der Waals surface area (Å²) in [4.78, 5) is 12.7. The van der Waals surface area contributed by atoms with Gasteiger partial charge in [-0.2, -0.15) is 5.11 Å². The van der Waals surface area contributed by atoms with Gasteiger partial charge in [-0.15, -0.1) is 5.11 Å². The minimum Gasteiger partial charge on any atom is -0.289 e. The zero-order chi connectivity index (χ0) is 16.1. The van der Waals surface area contributed by atoms with Crippen LogP contribution in [0.5, 0.6) is 0 Å². The second-order valence-corrected chi connectivity index (χ2v) is 5.33. The Kier molecular flexibility index (Phi) is 4.60. The van der Waals surface area contributed by atoms with Crippen LogP contribution in [0.25, 0.3) is 0 Å². The molecule has 0 atom stereocenters. The molecule has 3 nitrogen and oxygen atoms in total. The maximum Gasteiger partial charge on any atom is 0.195 e. The summed E-state index contributed by atoms with van der Waals surface area (Å²) in [7, 11) is 0. The topological polar surface area (TPSA) is 41.8 Å². The summed E-state index contributed by atoms with van der Waals surface area (Å²) < 4.78 is 0. The van der Waals surface area contributed by atoms with E-state index in [0.29, 0.717) is 21.8 Å². The molecule has 3 aromatic rings. The van der Waals surface area contributed by atoms with Crippen molar-refractivity contribution in [2.75, 3.05) is 0 Å². The molecule has 112 valence electrons. The zero-order valence-electron chi connectivity index (χ0n) is 12.2. The zero-order valence-corrected chi connectivity index (χ0v) is 12.9. The Morgan fingerprint density at radius 3 is 2.30 bits per heavy atom. The average molecular weight is 321 g/mol. The number of rotatable bonds is 4. The predicted octanol–water partition coefficient (Wildman–Crippen LogP) is 5.99. The van der Waals surface area contributed by atoms with Crippen LogP contribution in [0.2, 0.25) is 5.02 Å². The number of carbonyl (C=O) groups excluding carboxylic acids is 1. The fourth-order valence-corrected chi connectivity index (χ4v) is 2.33. The summed E-state index contributed by atoms with van der Waals surface area (Å²) in [6, 6.07) is 23.4. The van der Waals surface area contributed by atoms with Gasteiger partial charge < -0.3 is 0 Å². The van der Waals surface area contributed by atoms with E-state index < -0.39 is 0 Å². The van der Waals surface area contributed by atoms with Crippen LogP contribution in [0.4, 0.5) is 11.4 Å². The minimum absolute atomic E-state index is 0.130. The van der Waals surface area contributed by atoms with Gasteiger partial charge in [0.1, 0.15) is 0 Å². The highest BCUT2D eigenvalue weighted by Gasteiger charge is 2.13. The SMILES string of the molecule is O=C(c1cccc(Cl)c1)c1ccccc1N=Nc1ccccc1. The minimum atomic E-state index is -0.130. The molecule has 23 heavy (non-hydrogen) atoms. The molecule has 3 aromatic carbocycles. The van der Waals surface area contributed by atoms with Gasteiger partial charge in [-0.25, -0.2) is 0 Å². The second-order valence-electron chi connectivity index (χ2n) is 4.89. The van der Waals surface area contributed by atoms with Crippen molar-refractivity contribution in [3.05, 3.63) is 95.0 Å². The van der Waals surface area contributed by atoms with Gasteiger partial charge in [0, 0.05) is 10.6 Å².